The summed E-state index contributed by atoms with van der Waals surface area (Å²) < 4.78 is 6.76. The zero-order valence-corrected chi connectivity index (χ0v) is 20.5. The molecular weight excluding hydrogens is 456 g/mol. The molecule has 178 valence electrons. The SMILES string of the molecule is Cc1cn2c(-c3cn[nH]c3)cnc2c(Nc2cc(CN3CCC(Cc4ccccc4)CC3)ns2)n1. The summed E-state index contributed by atoms with van der Waals surface area (Å²) in [4.78, 5) is 11.9. The van der Waals surface area contributed by atoms with Crippen molar-refractivity contribution in [1.29, 1.82) is 0 Å². The van der Waals surface area contributed by atoms with Crippen molar-refractivity contribution in [3.63, 3.8) is 0 Å². The number of aromatic nitrogens is 6. The molecule has 0 radical (unpaired) electrons. The summed E-state index contributed by atoms with van der Waals surface area (Å²) in [5, 5.41) is 11.4. The lowest BCUT2D eigenvalue weighted by molar-refractivity contribution is 0.176. The Kier molecular flexibility index (Phi) is 6.01. The third kappa shape index (κ3) is 4.82. The van der Waals surface area contributed by atoms with Gasteiger partial charge in [-0.05, 0) is 68.4 Å². The number of aryl methyl sites for hydroxylation is 1. The molecule has 1 saturated heterocycles. The number of anilines is 2. The van der Waals surface area contributed by atoms with Crippen molar-refractivity contribution in [2.75, 3.05) is 18.4 Å². The quantitative estimate of drug-likeness (QED) is 0.335. The van der Waals surface area contributed by atoms with Gasteiger partial charge in [-0.15, -0.1) is 0 Å². The van der Waals surface area contributed by atoms with Gasteiger partial charge in [0.25, 0.3) is 0 Å². The second kappa shape index (κ2) is 9.59. The van der Waals surface area contributed by atoms with Gasteiger partial charge in [0.1, 0.15) is 5.00 Å². The highest BCUT2D eigenvalue weighted by Gasteiger charge is 2.20. The third-order valence-corrected chi connectivity index (χ3v) is 7.41. The number of imidazole rings is 1. The lowest BCUT2D eigenvalue weighted by atomic mass is 9.90. The Morgan fingerprint density at radius 2 is 2.00 bits per heavy atom. The van der Waals surface area contributed by atoms with Gasteiger partial charge in [-0.25, -0.2) is 9.97 Å². The van der Waals surface area contributed by atoms with Crippen LogP contribution in [0.25, 0.3) is 16.9 Å². The van der Waals surface area contributed by atoms with Crippen molar-refractivity contribution in [3.05, 3.63) is 78.1 Å². The van der Waals surface area contributed by atoms with E-state index in [4.69, 9.17) is 9.36 Å². The first-order chi connectivity index (χ1) is 17.2. The highest BCUT2D eigenvalue weighted by molar-refractivity contribution is 7.10. The maximum Gasteiger partial charge on any atom is 0.180 e. The Bertz CT molecular complexity index is 1400. The Morgan fingerprint density at radius 1 is 1.14 bits per heavy atom. The van der Waals surface area contributed by atoms with E-state index in [2.05, 4.69) is 66.2 Å². The summed E-state index contributed by atoms with van der Waals surface area (Å²) in [5.74, 6) is 1.51. The van der Waals surface area contributed by atoms with E-state index in [1.807, 2.05) is 25.5 Å². The number of benzene rings is 1. The standard InChI is InChI=1S/C26H28N8S/c1-18-16-34-23(21-13-28-29-14-21)15-27-26(34)25(30-18)31-24-12-22(32-35-24)17-33-9-7-20(8-10-33)11-19-5-3-2-4-6-19/h2-6,12-16,20H,7-11,17H2,1H3,(H,28,29)(H,30,31). The van der Waals surface area contributed by atoms with Crippen molar-refractivity contribution in [2.24, 2.45) is 5.92 Å². The lowest BCUT2D eigenvalue weighted by Gasteiger charge is -2.31. The molecule has 8 nitrogen and oxygen atoms in total. The molecular formula is C26H28N8S. The second-order valence-electron chi connectivity index (χ2n) is 9.27. The molecule has 4 aromatic heterocycles. The van der Waals surface area contributed by atoms with Crippen LogP contribution in [0.1, 0.15) is 29.8 Å². The van der Waals surface area contributed by atoms with Gasteiger partial charge in [0.15, 0.2) is 11.5 Å². The normalized spacial score (nSPS) is 15.1. The number of fused-ring (bicyclic) bond motifs is 1. The summed E-state index contributed by atoms with van der Waals surface area (Å²) in [6.07, 6.45) is 11.2. The van der Waals surface area contributed by atoms with Gasteiger partial charge in [-0.3, -0.25) is 14.4 Å². The number of piperidine rings is 1. The van der Waals surface area contributed by atoms with Gasteiger partial charge in [0.2, 0.25) is 0 Å². The molecule has 5 heterocycles. The highest BCUT2D eigenvalue weighted by Crippen LogP contribution is 2.28. The van der Waals surface area contributed by atoms with Crippen LogP contribution in [-0.4, -0.2) is 46.9 Å². The molecule has 1 aliphatic rings. The molecule has 1 aromatic carbocycles. The summed E-state index contributed by atoms with van der Waals surface area (Å²) >= 11 is 1.47. The van der Waals surface area contributed by atoms with Crippen LogP contribution in [0.2, 0.25) is 0 Å². The number of aromatic amines is 1. The predicted octanol–water partition coefficient (Wildman–Crippen LogP) is 5.08. The number of H-pyrrole nitrogens is 1. The van der Waals surface area contributed by atoms with E-state index in [0.717, 1.165) is 64.7 Å². The Balaban J connectivity index is 1.10. The van der Waals surface area contributed by atoms with Crippen molar-refractivity contribution in [2.45, 2.75) is 32.7 Å². The average Bonchev–Trinajstić information content (AvgIpc) is 3.62. The third-order valence-electron chi connectivity index (χ3n) is 6.67. The fourth-order valence-electron chi connectivity index (χ4n) is 4.88. The van der Waals surface area contributed by atoms with Gasteiger partial charge in [-0.2, -0.15) is 9.47 Å². The number of likely N-dealkylation sites (tertiary alicyclic amines) is 1. The summed E-state index contributed by atoms with van der Waals surface area (Å²) in [7, 11) is 0. The van der Waals surface area contributed by atoms with Crippen LogP contribution in [0, 0.1) is 12.8 Å². The Labute approximate surface area is 208 Å². The Hall–Kier alpha value is -3.56. The van der Waals surface area contributed by atoms with Crippen LogP contribution >= 0.6 is 11.5 Å². The smallest absolute Gasteiger partial charge is 0.180 e. The maximum absolute atomic E-state index is 4.71. The zero-order valence-electron chi connectivity index (χ0n) is 19.7. The fourth-order valence-corrected chi connectivity index (χ4v) is 5.54. The largest absolute Gasteiger partial charge is 0.328 e. The van der Waals surface area contributed by atoms with E-state index < -0.39 is 0 Å². The molecule has 0 saturated carbocycles. The van der Waals surface area contributed by atoms with Crippen molar-refractivity contribution < 1.29 is 0 Å². The monoisotopic (exact) mass is 484 g/mol. The minimum absolute atomic E-state index is 0.733. The van der Waals surface area contributed by atoms with Gasteiger partial charge in [-0.1, -0.05) is 30.3 Å². The summed E-state index contributed by atoms with van der Waals surface area (Å²) in [5.41, 5.74) is 6.21. The van der Waals surface area contributed by atoms with Crippen LogP contribution in [-0.2, 0) is 13.0 Å². The number of rotatable bonds is 7. The molecule has 5 aromatic rings. The van der Waals surface area contributed by atoms with Gasteiger partial charge in [0.05, 0.1) is 29.5 Å². The maximum atomic E-state index is 4.71. The first-order valence-electron chi connectivity index (χ1n) is 12.0. The zero-order chi connectivity index (χ0) is 23.6. The number of nitrogens with one attached hydrogen (secondary N) is 2. The number of hydrogen-bond acceptors (Lipinski definition) is 7. The van der Waals surface area contributed by atoms with E-state index in [1.165, 1.54) is 36.4 Å². The van der Waals surface area contributed by atoms with Crippen LogP contribution in [0.15, 0.2) is 61.2 Å². The molecule has 1 fully saturated rings. The number of nitrogens with zero attached hydrogens (tertiary/aromatic N) is 6. The molecule has 9 heteroatoms. The molecule has 1 aliphatic heterocycles. The number of hydrogen-bond donors (Lipinski definition) is 2. The van der Waals surface area contributed by atoms with Gasteiger partial charge < -0.3 is 5.32 Å². The van der Waals surface area contributed by atoms with Crippen LogP contribution in [0.4, 0.5) is 10.8 Å². The first-order valence-corrected chi connectivity index (χ1v) is 12.8. The molecule has 0 spiro atoms. The Morgan fingerprint density at radius 3 is 2.80 bits per heavy atom. The van der Waals surface area contributed by atoms with Crippen molar-refractivity contribution in [3.8, 4) is 11.3 Å². The van der Waals surface area contributed by atoms with Crippen LogP contribution in [0.3, 0.4) is 0 Å². The van der Waals surface area contributed by atoms with E-state index in [-0.39, 0.29) is 0 Å². The van der Waals surface area contributed by atoms with Crippen molar-refractivity contribution >= 4 is 28.0 Å². The predicted molar refractivity (Wildman–Crippen MR) is 139 cm³/mol. The molecule has 6 rings (SSSR count). The summed E-state index contributed by atoms with van der Waals surface area (Å²) in [6, 6.07) is 13.0. The highest BCUT2D eigenvalue weighted by atomic mass is 32.1. The summed E-state index contributed by atoms with van der Waals surface area (Å²) in [6.45, 7) is 5.13. The fraction of sp³-hybridized carbons (Fsp3) is 0.308. The minimum atomic E-state index is 0.733. The molecule has 2 N–H and O–H groups in total. The van der Waals surface area contributed by atoms with E-state index in [9.17, 15) is 0 Å². The van der Waals surface area contributed by atoms with Crippen LogP contribution in [0.5, 0.6) is 0 Å². The van der Waals surface area contributed by atoms with E-state index in [0.29, 0.717) is 0 Å². The molecule has 0 atom stereocenters. The molecule has 0 unspecified atom stereocenters. The van der Waals surface area contributed by atoms with Crippen molar-refractivity contribution in [1.82, 2.24) is 33.8 Å². The lowest BCUT2D eigenvalue weighted by Crippen LogP contribution is -2.33. The second-order valence-corrected chi connectivity index (χ2v) is 10.1. The molecule has 0 bridgehead atoms. The van der Waals surface area contributed by atoms with Gasteiger partial charge in [0, 0.05) is 24.5 Å². The molecule has 0 aliphatic carbocycles. The first kappa shape index (κ1) is 21.9. The van der Waals surface area contributed by atoms with Crippen LogP contribution < -0.4 is 5.32 Å². The molecule has 35 heavy (non-hydrogen) atoms. The minimum Gasteiger partial charge on any atom is -0.328 e. The van der Waals surface area contributed by atoms with E-state index in [1.54, 1.807) is 6.20 Å². The average molecular weight is 485 g/mol. The topological polar surface area (TPSA) is 87.0 Å². The van der Waals surface area contributed by atoms with E-state index >= 15 is 0 Å². The van der Waals surface area contributed by atoms with Gasteiger partial charge >= 0.3 is 0 Å². The molecule has 0 amide bonds.